The summed E-state index contributed by atoms with van der Waals surface area (Å²) in [7, 11) is 1.71. The maximum atomic E-state index is 12.9. The maximum Gasteiger partial charge on any atom is 0.279 e. The molecule has 168 valence electrons. The van der Waals surface area contributed by atoms with Crippen molar-refractivity contribution in [1.82, 2.24) is 5.32 Å². The number of hydrogen-bond acceptors (Lipinski definition) is 5. The molecule has 0 spiro atoms. The molecule has 0 aliphatic carbocycles. The molecule has 7 nitrogen and oxygen atoms in total. The van der Waals surface area contributed by atoms with Gasteiger partial charge in [-0.15, -0.1) is 0 Å². The fourth-order valence-electron chi connectivity index (χ4n) is 2.51. The number of rotatable bonds is 11. The Bertz CT molecular complexity index is 907. The first-order valence-corrected chi connectivity index (χ1v) is 9.84. The molecule has 0 aliphatic rings. The molecule has 0 aromatic heterocycles. The van der Waals surface area contributed by atoms with Crippen LogP contribution in [-0.2, 0) is 11.3 Å². The number of benzene rings is 2. The Morgan fingerprint density at radius 3 is 2.61 bits per heavy atom. The van der Waals surface area contributed by atoms with E-state index in [0.717, 1.165) is 5.56 Å². The largest absolute Gasteiger partial charge is 0.489 e. The van der Waals surface area contributed by atoms with Crippen molar-refractivity contribution in [3.05, 3.63) is 71.9 Å². The highest BCUT2D eigenvalue weighted by Crippen LogP contribution is 2.25. The van der Waals surface area contributed by atoms with Gasteiger partial charge in [-0.05, 0) is 43.8 Å². The second kappa shape index (κ2) is 12.3. The summed E-state index contributed by atoms with van der Waals surface area (Å²) < 4.78 is 29.5. The molecule has 2 atom stereocenters. The van der Waals surface area contributed by atoms with E-state index in [9.17, 15) is 9.18 Å². The molecule has 0 aliphatic heterocycles. The van der Waals surface area contributed by atoms with Crippen molar-refractivity contribution in [3.8, 4) is 11.5 Å². The molecule has 0 bridgehead atoms. The zero-order chi connectivity index (χ0) is 22.6. The van der Waals surface area contributed by atoms with Crippen LogP contribution in [0.5, 0.6) is 11.5 Å². The first kappa shape index (κ1) is 23.9. The Morgan fingerprint density at radius 1 is 1.23 bits per heavy atom. The highest BCUT2D eigenvalue weighted by atomic mass is 19.1. The van der Waals surface area contributed by atoms with Crippen LogP contribution in [0.1, 0.15) is 31.2 Å². The molecule has 0 heterocycles. The third-order valence-corrected chi connectivity index (χ3v) is 3.92. The van der Waals surface area contributed by atoms with Crippen LogP contribution in [-0.4, -0.2) is 37.9 Å². The molecule has 2 aromatic carbocycles. The number of carbonyl (C=O) groups excluding carboxylic acids is 1. The Balaban J connectivity index is 0.00000512. The molecular formula is C23H30FN3O4. The number of amides is 1. The summed E-state index contributed by atoms with van der Waals surface area (Å²) in [6, 6.07) is 14.4. The van der Waals surface area contributed by atoms with Gasteiger partial charge < -0.3 is 25.3 Å². The molecule has 8 heteroatoms. The molecule has 1 amide bonds. The third kappa shape index (κ3) is 8.88. The van der Waals surface area contributed by atoms with Crippen molar-refractivity contribution in [1.29, 1.82) is 0 Å². The lowest BCUT2D eigenvalue weighted by Gasteiger charge is -2.17. The van der Waals surface area contributed by atoms with Crippen LogP contribution >= 0.6 is 0 Å². The van der Waals surface area contributed by atoms with E-state index < -0.39 is 18.4 Å². The van der Waals surface area contributed by atoms with Crippen LogP contribution in [0.4, 0.5) is 4.39 Å². The van der Waals surface area contributed by atoms with Gasteiger partial charge >= 0.3 is 0 Å². The standard InChI is InChI=1S/C23H28FN3O4.H2/c1-16(14-29-17(2)24)31-21-12-19(23(28)27-22(25)9-10-26-3)11-20(13-21)30-15-18-7-5-4-6-8-18;/h4-13,16-17,26H,14-15H2,1-3H3,(H2,25,27,28);1H/b10-9-;/t16-,17?;/m0./s1. The van der Waals surface area contributed by atoms with Gasteiger partial charge in [0.25, 0.3) is 5.91 Å². The number of carbonyl (C=O) groups is 1. The van der Waals surface area contributed by atoms with E-state index in [2.05, 4.69) is 10.3 Å². The number of nitrogens with zero attached hydrogens (tertiary/aromatic N) is 1. The smallest absolute Gasteiger partial charge is 0.279 e. The maximum absolute atomic E-state index is 12.9. The van der Waals surface area contributed by atoms with Crippen molar-refractivity contribution in [2.24, 2.45) is 10.7 Å². The fraction of sp³-hybridized carbons (Fsp3) is 0.304. The zero-order valence-corrected chi connectivity index (χ0v) is 17.9. The Morgan fingerprint density at radius 2 is 1.94 bits per heavy atom. The number of ether oxygens (including phenoxy) is 3. The molecule has 0 radical (unpaired) electrons. The van der Waals surface area contributed by atoms with Gasteiger partial charge in [0, 0.05) is 20.1 Å². The average molecular weight is 432 g/mol. The number of nitrogens with two attached hydrogens (primary N) is 1. The lowest BCUT2D eigenvalue weighted by molar-refractivity contribution is -0.0524. The van der Waals surface area contributed by atoms with E-state index in [1.807, 2.05) is 30.3 Å². The van der Waals surface area contributed by atoms with Crippen molar-refractivity contribution >= 4 is 11.7 Å². The molecule has 31 heavy (non-hydrogen) atoms. The quantitative estimate of drug-likeness (QED) is 0.415. The van der Waals surface area contributed by atoms with E-state index in [0.29, 0.717) is 18.1 Å². The van der Waals surface area contributed by atoms with Gasteiger partial charge in [0.05, 0.1) is 6.61 Å². The van der Waals surface area contributed by atoms with Crippen molar-refractivity contribution in [2.75, 3.05) is 13.7 Å². The van der Waals surface area contributed by atoms with Gasteiger partial charge in [-0.2, -0.15) is 4.99 Å². The van der Waals surface area contributed by atoms with Gasteiger partial charge in [-0.25, -0.2) is 4.39 Å². The van der Waals surface area contributed by atoms with Crippen molar-refractivity contribution in [2.45, 2.75) is 32.9 Å². The Kier molecular flexibility index (Phi) is 9.51. The minimum atomic E-state index is -1.40. The summed E-state index contributed by atoms with van der Waals surface area (Å²) in [5.41, 5.74) is 6.96. The molecule has 2 aromatic rings. The van der Waals surface area contributed by atoms with Crippen LogP contribution in [0.15, 0.2) is 65.8 Å². The zero-order valence-electron chi connectivity index (χ0n) is 17.9. The first-order valence-electron chi connectivity index (χ1n) is 9.84. The van der Waals surface area contributed by atoms with E-state index in [1.54, 1.807) is 32.3 Å². The monoisotopic (exact) mass is 431 g/mol. The summed E-state index contributed by atoms with van der Waals surface area (Å²) in [5.74, 6) is 0.304. The van der Waals surface area contributed by atoms with Crippen LogP contribution in [0, 0.1) is 0 Å². The molecule has 0 saturated heterocycles. The normalized spacial score (nSPS) is 13.6. The van der Waals surface area contributed by atoms with Crippen molar-refractivity contribution < 1.29 is 24.8 Å². The highest BCUT2D eigenvalue weighted by Gasteiger charge is 2.13. The summed E-state index contributed by atoms with van der Waals surface area (Å²) >= 11 is 0. The van der Waals surface area contributed by atoms with Crippen LogP contribution in [0.3, 0.4) is 0 Å². The summed E-state index contributed by atoms with van der Waals surface area (Å²) in [6.07, 6.45) is 1.19. The highest BCUT2D eigenvalue weighted by molar-refractivity contribution is 6.06. The second-order valence-corrected chi connectivity index (χ2v) is 6.74. The summed E-state index contributed by atoms with van der Waals surface area (Å²) in [4.78, 5) is 16.5. The predicted molar refractivity (Wildman–Crippen MR) is 120 cm³/mol. The predicted octanol–water partition coefficient (Wildman–Crippen LogP) is 3.84. The van der Waals surface area contributed by atoms with E-state index in [-0.39, 0.29) is 19.4 Å². The fourth-order valence-corrected chi connectivity index (χ4v) is 2.51. The van der Waals surface area contributed by atoms with Crippen molar-refractivity contribution in [3.63, 3.8) is 0 Å². The Hall–Kier alpha value is -3.39. The molecular weight excluding hydrogens is 401 g/mol. The average Bonchev–Trinajstić information content (AvgIpc) is 2.75. The molecule has 0 saturated carbocycles. The topological polar surface area (TPSA) is 95.2 Å². The number of halogens is 1. The van der Waals surface area contributed by atoms with Gasteiger partial charge in [-0.1, -0.05) is 30.3 Å². The van der Waals surface area contributed by atoms with Crippen LogP contribution in [0.2, 0.25) is 0 Å². The van der Waals surface area contributed by atoms with Gasteiger partial charge in [-0.3, -0.25) is 4.79 Å². The lowest BCUT2D eigenvalue weighted by atomic mass is 10.2. The van der Waals surface area contributed by atoms with E-state index in [1.165, 1.54) is 19.1 Å². The number of aliphatic imine (C=N–C) groups is 1. The SMILES string of the molecule is CN/C=C\C(N)=NC(=O)c1cc(OCc2ccccc2)cc(O[C@@H](C)COC(C)F)c1.[HH]. The second-order valence-electron chi connectivity index (χ2n) is 6.74. The molecule has 0 fully saturated rings. The van der Waals surface area contributed by atoms with Crippen LogP contribution in [0.25, 0.3) is 0 Å². The minimum absolute atomic E-state index is 0. The molecule has 3 N–H and O–H groups in total. The lowest BCUT2D eigenvalue weighted by Crippen LogP contribution is -2.21. The number of amidine groups is 1. The minimum Gasteiger partial charge on any atom is -0.489 e. The number of alkyl halides is 1. The Labute approximate surface area is 183 Å². The number of nitrogens with one attached hydrogen (secondary N) is 1. The van der Waals surface area contributed by atoms with Gasteiger partial charge in [0.1, 0.15) is 30.0 Å². The summed E-state index contributed by atoms with van der Waals surface area (Å²) in [6.45, 7) is 3.40. The molecule has 1 unspecified atom stereocenters. The summed E-state index contributed by atoms with van der Waals surface area (Å²) in [5, 5.41) is 2.77. The van der Waals surface area contributed by atoms with Gasteiger partial charge in [0.2, 0.25) is 0 Å². The molecule has 2 rings (SSSR count). The number of hydrogen-bond donors (Lipinski definition) is 2. The van der Waals surface area contributed by atoms with E-state index >= 15 is 0 Å². The van der Waals surface area contributed by atoms with Crippen LogP contribution < -0.4 is 20.5 Å². The first-order chi connectivity index (χ1) is 14.9. The van der Waals surface area contributed by atoms with Gasteiger partial charge in [0.15, 0.2) is 6.36 Å². The third-order valence-electron chi connectivity index (χ3n) is 3.92. The van der Waals surface area contributed by atoms with E-state index in [4.69, 9.17) is 19.9 Å².